The Kier molecular flexibility index (Phi) is 4.28. The van der Waals surface area contributed by atoms with Gasteiger partial charge in [-0.2, -0.15) is 5.26 Å². The van der Waals surface area contributed by atoms with Crippen molar-refractivity contribution in [2.45, 2.75) is 4.90 Å². The summed E-state index contributed by atoms with van der Waals surface area (Å²) < 4.78 is 23.7. The van der Waals surface area contributed by atoms with Crippen LogP contribution in [0.2, 0.25) is 0 Å². The lowest BCUT2D eigenvalue weighted by atomic mass is 10.1. The number of carbonyl (C=O) groups is 1. The molecule has 1 amide bonds. The minimum absolute atomic E-state index is 0.0715. The number of nitrogens with one attached hydrogen (secondary N) is 1. The molecule has 0 fully saturated rings. The van der Waals surface area contributed by atoms with E-state index in [1.54, 1.807) is 24.3 Å². The van der Waals surface area contributed by atoms with Crippen molar-refractivity contribution in [2.24, 2.45) is 5.73 Å². The van der Waals surface area contributed by atoms with Crippen LogP contribution >= 0.6 is 0 Å². The van der Waals surface area contributed by atoms with Gasteiger partial charge in [0, 0.05) is 17.3 Å². The molecular weight excluding hydrogens is 354 g/mol. The summed E-state index contributed by atoms with van der Waals surface area (Å²) in [6.45, 7) is 0. The number of anilines is 2. The fraction of sp³-hybridized carbons (Fsp3) is 0.0588. The van der Waals surface area contributed by atoms with Gasteiger partial charge in [-0.1, -0.05) is 6.07 Å². The third-order valence-corrected chi connectivity index (χ3v) is 4.76. The number of hydrogen-bond donors (Lipinski definition) is 2. The van der Waals surface area contributed by atoms with Crippen LogP contribution in [0.4, 0.5) is 11.4 Å². The average molecular weight is 367 g/mol. The van der Waals surface area contributed by atoms with E-state index in [2.05, 4.69) is 15.5 Å². The van der Waals surface area contributed by atoms with Crippen LogP contribution in [0.1, 0.15) is 16.1 Å². The van der Waals surface area contributed by atoms with E-state index in [0.717, 1.165) is 6.26 Å². The maximum absolute atomic E-state index is 11.9. The zero-order valence-electron chi connectivity index (χ0n) is 13.6. The van der Waals surface area contributed by atoms with Crippen LogP contribution in [-0.4, -0.2) is 30.8 Å². The third kappa shape index (κ3) is 3.31. The molecule has 3 rings (SSSR count). The molecule has 0 saturated heterocycles. The Morgan fingerprint density at radius 2 is 1.96 bits per heavy atom. The van der Waals surface area contributed by atoms with E-state index in [9.17, 15) is 13.2 Å². The first-order valence-corrected chi connectivity index (χ1v) is 9.26. The summed E-state index contributed by atoms with van der Waals surface area (Å²) in [7, 11) is -3.46. The van der Waals surface area contributed by atoms with Crippen LogP contribution < -0.4 is 11.1 Å². The molecule has 0 aliphatic heterocycles. The number of hydrogen-bond acceptors (Lipinski definition) is 7. The summed E-state index contributed by atoms with van der Waals surface area (Å²) in [4.78, 5) is 11.8. The summed E-state index contributed by atoms with van der Waals surface area (Å²) in [5.41, 5.74) is 6.80. The van der Waals surface area contributed by atoms with Gasteiger partial charge in [-0.05, 0) is 36.4 Å². The molecule has 130 valence electrons. The number of nitrogens with two attached hydrogens (primary N) is 1. The molecule has 0 radical (unpaired) electrons. The van der Waals surface area contributed by atoms with Gasteiger partial charge < -0.3 is 11.1 Å². The van der Waals surface area contributed by atoms with Crippen molar-refractivity contribution in [3.63, 3.8) is 0 Å². The molecule has 0 saturated carbocycles. The van der Waals surface area contributed by atoms with Crippen molar-refractivity contribution in [2.75, 3.05) is 11.6 Å². The van der Waals surface area contributed by atoms with Crippen LogP contribution in [0.3, 0.4) is 0 Å². The monoisotopic (exact) mass is 367 g/mol. The number of rotatable bonds is 4. The fourth-order valence-corrected chi connectivity index (χ4v) is 3.07. The number of sulfone groups is 1. The first-order valence-electron chi connectivity index (χ1n) is 7.37. The predicted octanol–water partition coefficient (Wildman–Crippen LogP) is 1.75. The number of nitriles is 1. The highest BCUT2D eigenvalue weighted by Crippen LogP contribution is 2.29. The summed E-state index contributed by atoms with van der Waals surface area (Å²) in [5.74, 6) is -0.817. The lowest BCUT2D eigenvalue weighted by Crippen LogP contribution is -2.16. The highest BCUT2D eigenvalue weighted by Gasteiger charge is 2.18. The molecule has 0 bridgehead atoms. The number of aromatic nitrogens is 2. The van der Waals surface area contributed by atoms with E-state index in [1.165, 1.54) is 18.2 Å². The van der Waals surface area contributed by atoms with Gasteiger partial charge in [0.15, 0.2) is 15.5 Å². The number of benzene rings is 2. The lowest BCUT2D eigenvalue weighted by molar-refractivity contribution is 0.0995. The lowest BCUT2D eigenvalue weighted by Gasteiger charge is -2.13. The maximum Gasteiger partial charge on any atom is 0.271 e. The molecule has 0 spiro atoms. The molecule has 0 aliphatic rings. The van der Waals surface area contributed by atoms with Crippen LogP contribution in [0, 0.1) is 11.3 Å². The molecule has 0 unspecified atom stereocenters. The highest BCUT2D eigenvalue weighted by molar-refractivity contribution is 7.90. The Morgan fingerprint density at radius 3 is 2.62 bits per heavy atom. The molecule has 8 nitrogen and oxygen atoms in total. The topological polar surface area (TPSA) is 139 Å². The molecule has 26 heavy (non-hydrogen) atoms. The van der Waals surface area contributed by atoms with Crippen LogP contribution in [0.25, 0.3) is 10.9 Å². The van der Waals surface area contributed by atoms with E-state index in [4.69, 9.17) is 11.0 Å². The van der Waals surface area contributed by atoms with Crippen molar-refractivity contribution in [3.05, 3.63) is 53.7 Å². The Balaban J connectivity index is 2.27. The second kappa shape index (κ2) is 6.42. The average Bonchev–Trinajstić information content (AvgIpc) is 2.60. The van der Waals surface area contributed by atoms with E-state index < -0.39 is 15.7 Å². The zero-order valence-corrected chi connectivity index (χ0v) is 14.4. The zero-order chi connectivity index (χ0) is 18.9. The Bertz CT molecular complexity index is 1180. The van der Waals surface area contributed by atoms with Crippen LogP contribution in [0.15, 0.2) is 47.4 Å². The summed E-state index contributed by atoms with van der Waals surface area (Å²) in [6, 6.07) is 12.9. The van der Waals surface area contributed by atoms with Crippen molar-refractivity contribution >= 4 is 38.0 Å². The van der Waals surface area contributed by atoms with Gasteiger partial charge in [-0.3, -0.25) is 4.79 Å². The molecule has 0 atom stereocenters. The minimum atomic E-state index is -3.46. The van der Waals surface area contributed by atoms with Crippen molar-refractivity contribution < 1.29 is 13.2 Å². The number of carbonyl (C=O) groups excluding carboxylic acids is 1. The molecule has 1 heterocycles. The quantitative estimate of drug-likeness (QED) is 0.716. The summed E-state index contributed by atoms with van der Waals surface area (Å²) in [6.07, 6.45) is 1.08. The highest BCUT2D eigenvalue weighted by atomic mass is 32.2. The van der Waals surface area contributed by atoms with E-state index in [1.807, 2.05) is 6.07 Å². The predicted molar refractivity (Wildman–Crippen MR) is 95.6 cm³/mol. The number of primary amides is 1. The summed E-state index contributed by atoms with van der Waals surface area (Å²) in [5, 5.41) is 20.2. The largest absolute Gasteiger partial charge is 0.364 e. The molecule has 0 aliphatic carbocycles. The van der Waals surface area contributed by atoms with Crippen LogP contribution in [-0.2, 0) is 9.84 Å². The third-order valence-electron chi connectivity index (χ3n) is 3.65. The molecule has 1 aromatic heterocycles. The standard InChI is InChI=1S/C17H13N5O3S/c1-26(24,25)12-5-6-14-13(8-12)15(16(17(19)23)22-21-14)20-11-4-2-3-10(7-11)9-18/h2-8H,1H3,(H2,19,23)(H,20,21). The first kappa shape index (κ1) is 17.3. The molecule has 3 N–H and O–H groups in total. The van der Waals surface area contributed by atoms with Gasteiger partial charge in [0.25, 0.3) is 5.91 Å². The normalized spacial score (nSPS) is 11.1. The van der Waals surface area contributed by atoms with Crippen molar-refractivity contribution in [3.8, 4) is 6.07 Å². The van der Waals surface area contributed by atoms with Gasteiger partial charge in [0.1, 0.15) is 0 Å². The van der Waals surface area contributed by atoms with Crippen molar-refractivity contribution in [1.29, 1.82) is 5.26 Å². The SMILES string of the molecule is CS(=O)(=O)c1ccc2nnc(C(N)=O)c(Nc3cccc(C#N)c3)c2c1. The molecular formula is C17H13N5O3S. The fourth-order valence-electron chi connectivity index (χ4n) is 2.42. The van der Waals surface area contributed by atoms with E-state index in [-0.39, 0.29) is 16.3 Å². The van der Waals surface area contributed by atoms with E-state index in [0.29, 0.717) is 22.2 Å². The van der Waals surface area contributed by atoms with E-state index >= 15 is 0 Å². The summed E-state index contributed by atoms with van der Waals surface area (Å²) >= 11 is 0. The van der Waals surface area contributed by atoms with Crippen LogP contribution in [0.5, 0.6) is 0 Å². The van der Waals surface area contributed by atoms with Gasteiger partial charge >= 0.3 is 0 Å². The maximum atomic E-state index is 11.9. The molecule has 9 heteroatoms. The molecule has 3 aromatic rings. The Labute approximate surface area is 149 Å². The second-order valence-corrected chi connectivity index (χ2v) is 7.57. The second-order valence-electron chi connectivity index (χ2n) is 5.56. The number of amides is 1. The minimum Gasteiger partial charge on any atom is -0.364 e. The number of fused-ring (bicyclic) bond motifs is 1. The first-order chi connectivity index (χ1) is 12.3. The Morgan fingerprint density at radius 1 is 1.19 bits per heavy atom. The van der Waals surface area contributed by atoms with Gasteiger partial charge in [-0.25, -0.2) is 8.42 Å². The smallest absolute Gasteiger partial charge is 0.271 e. The van der Waals surface area contributed by atoms with Crippen molar-refractivity contribution in [1.82, 2.24) is 10.2 Å². The van der Waals surface area contributed by atoms with Gasteiger partial charge in [-0.15, -0.1) is 10.2 Å². The molecule has 2 aromatic carbocycles. The van der Waals surface area contributed by atoms with Gasteiger partial charge in [0.05, 0.1) is 27.7 Å². The number of nitrogens with zero attached hydrogens (tertiary/aromatic N) is 3. The Hall–Kier alpha value is -3.51. The van der Waals surface area contributed by atoms with Gasteiger partial charge in [0.2, 0.25) is 0 Å².